The highest BCUT2D eigenvalue weighted by Crippen LogP contribution is 2.23. The number of benzene rings is 2. The van der Waals surface area contributed by atoms with Crippen molar-refractivity contribution in [3.8, 4) is 0 Å². The van der Waals surface area contributed by atoms with Crippen LogP contribution in [-0.4, -0.2) is 21.2 Å². The molecule has 5 nitrogen and oxygen atoms in total. The largest absolute Gasteiger partial charge is 0.348 e. The molecular formula is C18H14FN3O2S. The van der Waals surface area contributed by atoms with Crippen LogP contribution < -0.4 is 10.9 Å². The number of hydrogen-bond donors (Lipinski definition) is 1. The van der Waals surface area contributed by atoms with Crippen LogP contribution in [0.15, 0.2) is 52.4 Å². The van der Waals surface area contributed by atoms with Crippen LogP contribution in [0, 0.1) is 5.82 Å². The first-order valence-corrected chi connectivity index (χ1v) is 8.81. The van der Waals surface area contributed by atoms with E-state index < -0.39 is 0 Å². The number of carbonyl (C=O) groups excluding carboxylic acids is 1. The molecule has 1 aromatic heterocycles. The van der Waals surface area contributed by atoms with E-state index in [0.717, 1.165) is 5.75 Å². The number of carbonyl (C=O) groups is 1. The van der Waals surface area contributed by atoms with Gasteiger partial charge in [-0.2, -0.15) is 0 Å². The lowest BCUT2D eigenvalue weighted by Gasteiger charge is -2.08. The van der Waals surface area contributed by atoms with Gasteiger partial charge in [-0.3, -0.25) is 14.2 Å². The van der Waals surface area contributed by atoms with Gasteiger partial charge in [-0.25, -0.2) is 9.37 Å². The smallest absolute Gasteiger partial charge is 0.262 e. The summed E-state index contributed by atoms with van der Waals surface area (Å²) < 4.78 is 15.3. The third-order valence-corrected chi connectivity index (χ3v) is 5.08. The molecule has 0 fully saturated rings. The van der Waals surface area contributed by atoms with Crippen molar-refractivity contribution in [1.29, 1.82) is 0 Å². The van der Waals surface area contributed by atoms with Gasteiger partial charge < -0.3 is 5.32 Å². The summed E-state index contributed by atoms with van der Waals surface area (Å²) in [7, 11) is 0. The van der Waals surface area contributed by atoms with Crippen molar-refractivity contribution in [2.45, 2.75) is 18.2 Å². The fraction of sp³-hybridized carbons (Fsp3) is 0.167. The number of hydrogen-bond acceptors (Lipinski definition) is 4. The molecule has 2 heterocycles. The van der Waals surface area contributed by atoms with Crippen molar-refractivity contribution in [3.63, 3.8) is 0 Å². The molecule has 25 heavy (non-hydrogen) atoms. The molecule has 0 aliphatic carbocycles. The summed E-state index contributed by atoms with van der Waals surface area (Å²) in [5, 5.41) is 3.87. The van der Waals surface area contributed by atoms with Crippen molar-refractivity contribution in [2.75, 3.05) is 5.75 Å². The topological polar surface area (TPSA) is 64.0 Å². The third-order valence-electron chi connectivity index (χ3n) is 4.13. The Hall–Kier alpha value is -2.67. The van der Waals surface area contributed by atoms with Gasteiger partial charge in [-0.1, -0.05) is 30.0 Å². The lowest BCUT2D eigenvalue weighted by molar-refractivity contribution is 0.0950. The van der Waals surface area contributed by atoms with Crippen LogP contribution in [0.25, 0.3) is 10.9 Å². The summed E-state index contributed by atoms with van der Waals surface area (Å²) in [6.07, 6.45) is 0. The van der Waals surface area contributed by atoms with Crippen LogP contribution in [0.5, 0.6) is 0 Å². The Kier molecular flexibility index (Phi) is 4.01. The van der Waals surface area contributed by atoms with E-state index in [0.29, 0.717) is 33.7 Å². The Bertz CT molecular complexity index is 1050. The quantitative estimate of drug-likeness (QED) is 0.734. The maximum Gasteiger partial charge on any atom is 0.262 e. The lowest BCUT2D eigenvalue weighted by atomic mass is 10.1. The van der Waals surface area contributed by atoms with E-state index in [2.05, 4.69) is 10.3 Å². The minimum atomic E-state index is -0.358. The maximum atomic E-state index is 13.6. The number of amides is 1. The first kappa shape index (κ1) is 15.8. The summed E-state index contributed by atoms with van der Waals surface area (Å²) in [5.74, 6) is 0.137. The highest BCUT2D eigenvalue weighted by Gasteiger charge is 2.17. The SMILES string of the molecule is O=C(NCc1ccccc1F)c1ccc2c(=O)n3c(nc2c1)SCC3. The van der Waals surface area contributed by atoms with Gasteiger partial charge in [0.25, 0.3) is 11.5 Å². The van der Waals surface area contributed by atoms with E-state index in [1.54, 1.807) is 41.0 Å². The molecule has 0 bridgehead atoms. The molecule has 0 saturated carbocycles. The molecule has 1 aliphatic rings. The monoisotopic (exact) mass is 355 g/mol. The molecule has 1 amide bonds. The number of halogens is 1. The molecule has 0 spiro atoms. The Morgan fingerprint density at radius 3 is 2.96 bits per heavy atom. The van der Waals surface area contributed by atoms with Crippen molar-refractivity contribution in [2.24, 2.45) is 0 Å². The Morgan fingerprint density at radius 1 is 1.28 bits per heavy atom. The zero-order valence-corrected chi connectivity index (χ0v) is 14.0. The van der Waals surface area contributed by atoms with Crippen LogP contribution in [0.3, 0.4) is 0 Å². The van der Waals surface area contributed by atoms with Crippen LogP contribution in [0.4, 0.5) is 4.39 Å². The summed E-state index contributed by atoms with van der Waals surface area (Å²) >= 11 is 1.53. The van der Waals surface area contributed by atoms with Gasteiger partial charge in [0, 0.05) is 30.0 Å². The minimum absolute atomic E-state index is 0.0803. The van der Waals surface area contributed by atoms with E-state index in [4.69, 9.17) is 0 Å². The molecule has 0 radical (unpaired) electrons. The van der Waals surface area contributed by atoms with E-state index >= 15 is 0 Å². The van der Waals surface area contributed by atoms with E-state index in [9.17, 15) is 14.0 Å². The highest BCUT2D eigenvalue weighted by atomic mass is 32.2. The fourth-order valence-electron chi connectivity index (χ4n) is 2.80. The first-order valence-electron chi connectivity index (χ1n) is 7.82. The van der Waals surface area contributed by atoms with Crippen LogP contribution in [0.2, 0.25) is 0 Å². The summed E-state index contributed by atoms with van der Waals surface area (Å²) in [5.41, 5.74) is 1.23. The normalized spacial score (nSPS) is 13.0. The summed E-state index contributed by atoms with van der Waals surface area (Å²) in [6, 6.07) is 11.1. The summed E-state index contributed by atoms with van der Waals surface area (Å²) in [4.78, 5) is 29.2. The Morgan fingerprint density at radius 2 is 2.12 bits per heavy atom. The van der Waals surface area contributed by atoms with Gasteiger partial charge in [0.05, 0.1) is 10.9 Å². The maximum absolute atomic E-state index is 13.6. The van der Waals surface area contributed by atoms with Gasteiger partial charge in [-0.15, -0.1) is 0 Å². The van der Waals surface area contributed by atoms with E-state index in [1.165, 1.54) is 17.8 Å². The van der Waals surface area contributed by atoms with Gasteiger partial charge in [0.15, 0.2) is 5.16 Å². The molecule has 1 N–H and O–H groups in total. The van der Waals surface area contributed by atoms with Gasteiger partial charge >= 0.3 is 0 Å². The highest BCUT2D eigenvalue weighted by molar-refractivity contribution is 7.99. The molecule has 4 rings (SSSR count). The fourth-order valence-corrected chi connectivity index (χ4v) is 3.75. The molecule has 0 saturated heterocycles. The molecule has 0 atom stereocenters. The number of aromatic nitrogens is 2. The molecule has 2 aromatic carbocycles. The molecular weight excluding hydrogens is 341 g/mol. The number of rotatable bonds is 3. The number of nitrogens with zero attached hydrogens (tertiary/aromatic N) is 2. The zero-order valence-electron chi connectivity index (χ0n) is 13.2. The van der Waals surface area contributed by atoms with Crippen LogP contribution in [-0.2, 0) is 13.1 Å². The Balaban J connectivity index is 1.61. The van der Waals surface area contributed by atoms with Crippen molar-refractivity contribution in [1.82, 2.24) is 14.9 Å². The van der Waals surface area contributed by atoms with Crippen LogP contribution in [0.1, 0.15) is 15.9 Å². The predicted octanol–water partition coefficient (Wildman–Crippen LogP) is 2.57. The Labute approximate surface area is 146 Å². The predicted molar refractivity (Wildman–Crippen MR) is 94.3 cm³/mol. The average Bonchev–Trinajstić information content (AvgIpc) is 3.09. The lowest BCUT2D eigenvalue weighted by Crippen LogP contribution is -2.24. The van der Waals surface area contributed by atoms with Gasteiger partial charge in [0.2, 0.25) is 0 Å². The second-order valence-electron chi connectivity index (χ2n) is 5.71. The second kappa shape index (κ2) is 6.33. The van der Waals surface area contributed by atoms with Gasteiger partial charge in [0.1, 0.15) is 5.82 Å². The zero-order chi connectivity index (χ0) is 17.4. The number of fused-ring (bicyclic) bond motifs is 2. The second-order valence-corrected chi connectivity index (χ2v) is 6.77. The van der Waals surface area contributed by atoms with Crippen molar-refractivity contribution in [3.05, 3.63) is 69.8 Å². The average molecular weight is 355 g/mol. The van der Waals surface area contributed by atoms with E-state index in [-0.39, 0.29) is 23.8 Å². The number of nitrogens with one attached hydrogen (secondary N) is 1. The summed E-state index contributed by atoms with van der Waals surface area (Å²) in [6.45, 7) is 0.756. The minimum Gasteiger partial charge on any atom is -0.348 e. The van der Waals surface area contributed by atoms with E-state index in [1.807, 2.05) is 0 Å². The van der Waals surface area contributed by atoms with Gasteiger partial charge in [-0.05, 0) is 24.3 Å². The molecule has 1 aliphatic heterocycles. The number of thioether (sulfide) groups is 1. The standard InChI is InChI=1S/C18H14FN3O2S/c19-14-4-2-1-3-12(14)10-20-16(23)11-5-6-13-15(9-11)21-18-22(17(13)24)7-8-25-18/h1-6,9H,7-8,10H2,(H,20,23). The third kappa shape index (κ3) is 2.91. The molecule has 7 heteroatoms. The van der Waals surface area contributed by atoms with Crippen molar-refractivity contribution < 1.29 is 9.18 Å². The first-order chi connectivity index (χ1) is 12.1. The molecule has 3 aromatic rings. The van der Waals surface area contributed by atoms with Crippen LogP contribution >= 0.6 is 11.8 Å². The van der Waals surface area contributed by atoms with Crippen molar-refractivity contribution >= 4 is 28.6 Å². The molecule has 126 valence electrons. The molecule has 0 unspecified atom stereocenters.